The van der Waals surface area contributed by atoms with Gasteiger partial charge < -0.3 is 0 Å². The molecule has 5 aromatic carbocycles. The lowest BCUT2D eigenvalue weighted by Crippen LogP contribution is -2.48. The van der Waals surface area contributed by atoms with E-state index in [1.165, 1.54) is 60.8 Å². The summed E-state index contributed by atoms with van der Waals surface area (Å²) in [6.07, 6.45) is 2.06. The van der Waals surface area contributed by atoms with Crippen LogP contribution in [0.1, 0.15) is 36.1 Å². The molecule has 0 heterocycles. The van der Waals surface area contributed by atoms with Gasteiger partial charge in [-0.2, -0.15) is 0 Å². The molecule has 0 N–H and O–H groups in total. The Bertz CT molecular complexity index is 1680. The van der Waals surface area contributed by atoms with Gasteiger partial charge in [-0.1, -0.05) is 145 Å². The predicted molar refractivity (Wildman–Crippen MR) is 174 cm³/mol. The molecule has 0 atom stereocenters. The summed E-state index contributed by atoms with van der Waals surface area (Å²) < 4.78 is 0. The van der Waals surface area contributed by atoms with Crippen molar-refractivity contribution < 1.29 is 0 Å². The largest absolute Gasteiger partial charge is 0.146 e. The van der Waals surface area contributed by atoms with Crippen molar-refractivity contribution in [3.05, 3.63) is 161 Å². The van der Waals surface area contributed by atoms with Crippen LogP contribution in [-0.4, -0.2) is 8.07 Å². The van der Waals surface area contributed by atoms with E-state index < -0.39 is 8.07 Å². The molecular formula is C39H34Si. The quantitative estimate of drug-likeness (QED) is 0.199. The van der Waals surface area contributed by atoms with Gasteiger partial charge >= 0.3 is 0 Å². The van der Waals surface area contributed by atoms with Crippen molar-refractivity contribution in [3.63, 3.8) is 0 Å². The van der Waals surface area contributed by atoms with Crippen molar-refractivity contribution in [2.45, 2.75) is 33.2 Å². The van der Waals surface area contributed by atoms with Gasteiger partial charge in [0.25, 0.3) is 0 Å². The van der Waals surface area contributed by atoms with Crippen LogP contribution < -0.4 is 5.19 Å². The van der Waals surface area contributed by atoms with Crippen LogP contribution in [0, 0.1) is 0 Å². The first-order valence-corrected chi connectivity index (χ1v) is 16.9. The zero-order valence-corrected chi connectivity index (χ0v) is 24.5. The molecule has 0 fully saturated rings. The van der Waals surface area contributed by atoms with E-state index >= 15 is 0 Å². The SMILES string of the molecule is CC1=C([Si](C)(C2=C(C)Cc3cccc(-c4ccccc4)c32)c2ccccc2)c2c(cccc2-c2ccccc2)C1. The first-order valence-electron chi connectivity index (χ1n) is 14.4. The van der Waals surface area contributed by atoms with Crippen molar-refractivity contribution in [2.75, 3.05) is 0 Å². The molecule has 40 heavy (non-hydrogen) atoms. The third-order valence-electron chi connectivity index (χ3n) is 9.09. The van der Waals surface area contributed by atoms with E-state index in [0.717, 1.165) is 12.8 Å². The third kappa shape index (κ3) is 3.80. The minimum atomic E-state index is -2.46. The molecule has 0 aromatic heterocycles. The van der Waals surface area contributed by atoms with Gasteiger partial charge in [0.15, 0.2) is 0 Å². The molecule has 0 amide bonds. The Labute approximate surface area is 239 Å². The highest BCUT2D eigenvalue weighted by Crippen LogP contribution is 2.52. The molecule has 0 spiro atoms. The molecule has 1 heteroatoms. The molecule has 7 rings (SSSR count). The van der Waals surface area contributed by atoms with Gasteiger partial charge in [-0.15, -0.1) is 0 Å². The molecule has 0 nitrogen and oxygen atoms in total. The van der Waals surface area contributed by atoms with Crippen molar-refractivity contribution in [2.24, 2.45) is 0 Å². The van der Waals surface area contributed by atoms with Crippen LogP contribution >= 0.6 is 0 Å². The standard InChI is InChI=1S/C39H34Si/c1-27-25-31-19-13-23-34(29-15-7-4-8-16-29)36(31)38(27)40(3,33-21-11-6-12-22-33)39-28(2)26-32-20-14-24-35(37(32)39)30-17-9-5-10-18-30/h4-24H,25-26H2,1-3H3. The second-order valence-corrected chi connectivity index (χ2v) is 15.4. The normalized spacial score (nSPS) is 14.5. The van der Waals surface area contributed by atoms with Crippen LogP contribution in [0.2, 0.25) is 6.55 Å². The summed E-state index contributed by atoms with van der Waals surface area (Å²) in [5.41, 5.74) is 14.3. The highest BCUT2D eigenvalue weighted by molar-refractivity contribution is 7.18. The number of benzene rings is 5. The summed E-state index contributed by atoms with van der Waals surface area (Å²) in [7, 11) is -2.46. The maximum atomic E-state index is 2.63. The fourth-order valence-corrected chi connectivity index (χ4v) is 12.7. The molecule has 2 aliphatic rings. The van der Waals surface area contributed by atoms with E-state index in [9.17, 15) is 0 Å². The zero-order chi connectivity index (χ0) is 27.3. The fourth-order valence-electron chi connectivity index (χ4n) is 7.52. The number of fused-ring (bicyclic) bond motifs is 2. The molecule has 194 valence electrons. The number of rotatable bonds is 5. The van der Waals surface area contributed by atoms with Crippen molar-refractivity contribution in [1.29, 1.82) is 0 Å². The molecule has 0 bridgehead atoms. The molecule has 2 aliphatic carbocycles. The minimum Gasteiger partial charge on any atom is -0.0683 e. The van der Waals surface area contributed by atoms with Crippen molar-refractivity contribution in [1.82, 2.24) is 0 Å². The van der Waals surface area contributed by atoms with Crippen LogP contribution in [0.3, 0.4) is 0 Å². The Balaban J connectivity index is 1.54. The smallest absolute Gasteiger partial charge is 0.0683 e. The Morgan fingerprint density at radius 3 is 1.27 bits per heavy atom. The third-order valence-corrected chi connectivity index (χ3v) is 13.9. The lowest BCUT2D eigenvalue weighted by molar-refractivity contribution is 1.19. The summed E-state index contributed by atoms with van der Waals surface area (Å²) in [6, 6.07) is 47.3. The summed E-state index contributed by atoms with van der Waals surface area (Å²) in [5.74, 6) is 0. The van der Waals surface area contributed by atoms with E-state index in [0.29, 0.717) is 0 Å². The molecule has 0 aliphatic heterocycles. The molecule has 0 radical (unpaired) electrons. The van der Waals surface area contributed by atoms with Crippen LogP contribution in [0.15, 0.2) is 139 Å². The molecule has 0 saturated carbocycles. The second-order valence-electron chi connectivity index (χ2n) is 11.6. The highest BCUT2D eigenvalue weighted by atomic mass is 28.3. The topological polar surface area (TPSA) is 0 Å². The molecule has 0 unspecified atom stereocenters. The van der Waals surface area contributed by atoms with Gasteiger partial charge in [0, 0.05) is 0 Å². The zero-order valence-electron chi connectivity index (χ0n) is 23.5. The highest BCUT2D eigenvalue weighted by Gasteiger charge is 2.46. The van der Waals surface area contributed by atoms with Gasteiger partial charge in [0.1, 0.15) is 8.07 Å². The first kappa shape index (κ1) is 24.8. The average Bonchev–Trinajstić information content (AvgIpc) is 3.54. The van der Waals surface area contributed by atoms with Crippen molar-refractivity contribution >= 4 is 23.7 Å². The second kappa shape index (κ2) is 9.77. The van der Waals surface area contributed by atoms with E-state index in [1.54, 1.807) is 10.4 Å². The lowest BCUT2D eigenvalue weighted by Gasteiger charge is -2.36. The van der Waals surface area contributed by atoms with Gasteiger partial charge in [0.2, 0.25) is 0 Å². The van der Waals surface area contributed by atoms with Crippen LogP contribution in [0.5, 0.6) is 0 Å². The Morgan fingerprint density at radius 2 is 0.850 bits per heavy atom. The van der Waals surface area contributed by atoms with Crippen LogP contribution in [-0.2, 0) is 12.8 Å². The maximum Gasteiger partial charge on any atom is 0.146 e. The molecule has 0 saturated heterocycles. The summed E-state index contributed by atoms with van der Waals surface area (Å²) in [6.45, 7) is 7.42. The number of allylic oxidation sites excluding steroid dienone is 2. The van der Waals surface area contributed by atoms with Crippen LogP contribution in [0.4, 0.5) is 0 Å². The summed E-state index contributed by atoms with van der Waals surface area (Å²) >= 11 is 0. The van der Waals surface area contributed by atoms with Gasteiger partial charge in [-0.3, -0.25) is 0 Å². The fraction of sp³-hybridized carbons (Fsp3) is 0.128. The van der Waals surface area contributed by atoms with E-state index in [4.69, 9.17) is 0 Å². The number of hydrogen-bond donors (Lipinski definition) is 0. The predicted octanol–water partition coefficient (Wildman–Crippen LogP) is 9.44. The maximum absolute atomic E-state index is 2.63. The average molecular weight is 531 g/mol. The Hall–Kier alpha value is -4.20. The minimum absolute atomic E-state index is 1.03. The first-order chi connectivity index (χ1) is 19.6. The number of hydrogen-bond acceptors (Lipinski definition) is 0. The Kier molecular flexibility index (Phi) is 6.06. The van der Waals surface area contributed by atoms with Gasteiger partial charge in [-0.05, 0) is 86.8 Å². The summed E-state index contributed by atoms with van der Waals surface area (Å²) in [5, 5.41) is 4.71. The van der Waals surface area contributed by atoms with E-state index in [-0.39, 0.29) is 0 Å². The van der Waals surface area contributed by atoms with Gasteiger partial charge in [0.05, 0.1) is 0 Å². The lowest BCUT2D eigenvalue weighted by atomic mass is 9.97. The molecular weight excluding hydrogens is 497 g/mol. The molecule has 5 aromatic rings. The van der Waals surface area contributed by atoms with Crippen LogP contribution in [0.25, 0.3) is 32.6 Å². The van der Waals surface area contributed by atoms with E-state index in [2.05, 4.69) is 148 Å². The monoisotopic (exact) mass is 530 g/mol. The van der Waals surface area contributed by atoms with Gasteiger partial charge in [-0.25, -0.2) is 0 Å². The van der Waals surface area contributed by atoms with E-state index in [1.807, 2.05) is 0 Å². The summed E-state index contributed by atoms with van der Waals surface area (Å²) in [4.78, 5) is 0. The Morgan fingerprint density at radius 1 is 0.450 bits per heavy atom. The van der Waals surface area contributed by atoms with Crippen molar-refractivity contribution in [3.8, 4) is 22.3 Å².